The summed E-state index contributed by atoms with van der Waals surface area (Å²) in [5.74, 6) is -0.923. The Bertz CT molecular complexity index is 561. The predicted octanol–water partition coefficient (Wildman–Crippen LogP) is 1.90. The summed E-state index contributed by atoms with van der Waals surface area (Å²) < 4.78 is 1.78. The van der Waals surface area contributed by atoms with Crippen LogP contribution in [0.15, 0.2) is 48.7 Å². The van der Waals surface area contributed by atoms with Crippen molar-refractivity contribution in [3.05, 3.63) is 59.9 Å². The largest absolute Gasteiger partial charge is 0.478 e. The van der Waals surface area contributed by atoms with Crippen LogP contribution in [0.1, 0.15) is 17.7 Å². The maximum absolute atomic E-state index is 10.3. The summed E-state index contributed by atoms with van der Waals surface area (Å²) in [6.45, 7) is 0.693. The number of rotatable bonds is 6. The fourth-order valence-corrected chi connectivity index (χ4v) is 1.72. The summed E-state index contributed by atoms with van der Waals surface area (Å²) in [5, 5.41) is 16.6. The van der Waals surface area contributed by atoms with Crippen LogP contribution in [0.2, 0.25) is 0 Å². The second kappa shape index (κ2) is 6.49. The number of nitrogens with zero attached hydrogens (tertiary/aromatic N) is 3. The number of carbonyl (C=O) groups is 1. The first-order valence-corrected chi connectivity index (χ1v) is 6.06. The van der Waals surface area contributed by atoms with Crippen LogP contribution < -0.4 is 0 Å². The molecule has 0 radical (unpaired) electrons. The lowest BCUT2D eigenvalue weighted by molar-refractivity contribution is -0.131. The molecule has 2 rings (SSSR count). The topological polar surface area (TPSA) is 68.0 Å². The summed E-state index contributed by atoms with van der Waals surface area (Å²) >= 11 is 0. The quantitative estimate of drug-likeness (QED) is 0.802. The number of hydrogen-bond donors (Lipinski definition) is 1. The molecule has 19 heavy (non-hydrogen) atoms. The highest BCUT2D eigenvalue weighted by Gasteiger charge is 2.00. The van der Waals surface area contributed by atoms with E-state index in [1.807, 2.05) is 36.5 Å². The van der Waals surface area contributed by atoms with Gasteiger partial charge in [0.25, 0.3) is 0 Å². The number of allylic oxidation sites excluding steroid dienone is 1. The van der Waals surface area contributed by atoms with Crippen molar-refractivity contribution in [2.75, 3.05) is 0 Å². The van der Waals surface area contributed by atoms with E-state index in [1.165, 1.54) is 5.56 Å². The van der Waals surface area contributed by atoms with E-state index < -0.39 is 5.97 Å². The highest BCUT2D eigenvalue weighted by atomic mass is 16.4. The molecule has 5 heteroatoms. The molecule has 5 nitrogen and oxygen atoms in total. The third-order valence-electron chi connectivity index (χ3n) is 2.60. The Kier molecular flexibility index (Phi) is 4.44. The fraction of sp³-hybridized carbons (Fsp3) is 0.214. The van der Waals surface area contributed by atoms with Gasteiger partial charge in [-0.15, -0.1) is 5.10 Å². The molecule has 1 heterocycles. The van der Waals surface area contributed by atoms with E-state index in [9.17, 15) is 4.79 Å². The maximum atomic E-state index is 10.3. The minimum atomic E-state index is -0.923. The molecule has 0 saturated heterocycles. The van der Waals surface area contributed by atoms with Gasteiger partial charge in [0.2, 0.25) is 0 Å². The van der Waals surface area contributed by atoms with Crippen molar-refractivity contribution in [1.29, 1.82) is 0 Å². The van der Waals surface area contributed by atoms with E-state index >= 15 is 0 Å². The molecule has 0 spiro atoms. The zero-order valence-electron chi connectivity index (χ0n) is 10.4. The predicted molar refractivity (Wildman–Crippen MR) is 70.7 cm³/mol. The molecule has 0 fully saturated rings. The second-order valence-electron chi connectivity index (χ2n) is 4.17. The Morgan fingerprint density at radius 1 is 1.32 bits per heavy atom. The normalized spacial score (nSPS) is 10.9. The fourth-order valence-electron chi connectivity index (χ4n) is 1.72. The minimum absolute atomic E-state index is 0.649. The zero-order chi connectivity index (χ0) is 13.5. The van der Waals surface area contributed by atoms with Gasteiger partial charge < -0.3 is 5.11 Å². The highest BCUT2D eigenvalue weighted by molar-refractivity contribution is 5.79. The van der Waals surface area contributed by atoms with Gasteiger partial charge in [0.05, 0.1) is 12.2 Å². The van der Waals surface area contributed by atoms with Crippen molar-refractivity contribution >= 4 is 5.97 Å². The molecule has 0 atom stereocenters. The smallest absolute Gasteiger partial charge is 0.327 e. The maximum Gasteiger partial charge on any atom is 0.327 e. The van der Waals surface area contributed by atoms with Gasteiger partial charge in [-0.25, -0.2) is 9.48 Å². The molecule has 0 amide bonds. The van der Waals surface area contributed by atoms with E-state index in [1.54, 1.807) is 10.8 Å². The van der Waals surface area contributed by atoms with Crippen LogP contribution >= 0.6 is 0 Å². The zero-order valence-corrected chi connectivity index (χ0v) is 10.4. The van der Waals surface area contributed by atoms with Crippen molar-refractivity contribution in [1.82, 2.24) is 15.0 Å². The first-order valence-electron chi connectivity index (χ1n) is 6.06. The van der Waals surface area contributed by atoms with E-state index in [0.717, 1.165) is 11.8 Å². The lowest BCUT2D eigenvalue weighted by Crippen LogP contribution is -1.99. The number of carboxylic acid groups (broad SMARTS) is 1. The van der Waals surface area contributed by atoms with Gasteiger partial charge in [0.1, 0.15) is 0 Å². The summed E-state index contributed by atoms with van der Waals surface area (Å²) in [7, 11) is 0. The monoisotopic (exact) mass is 257 g/mol. The third kappa shape index (κ3) is 4.39. The van der Waals surface area contributed by atoms with Crippen LogP contribution in [-0.2, 0) is 17.8 Å². The molecule has 0 bridgehead atoms. The Labute approximate surface area is 111 Å². The van der Waals surface area contributed by atoms with Crippen LogP contribution in [0.5, 0.6) is 0 Å². The average Bonchev–Trinajstić information content (AvgIpc) is 2.83. The number of aryl methyl sites for hydroxylation is 1. The molecule has 0 aliphatic rings. The third-order valence-corrected chi connectivity index (χ3v) is 2.60. The van der Waals surface area contributed by atoms with E-state index in [-0.39, 0.29) is 0 Å². The van der Waals surface area contributed by atoms with Gasteiger partial charge >= 0.3 is 5.97 Å². The van der Waals surface area contributed by atoms with Crippen LogP contribution in [0.3, 0.4) is 0 Å². The molecule has 1 N–H and O–H groups in total. The van der Waals surface area contributed by atoms with Crippen LogP contribution in [0, 0.1) is 0 Å². The van der Waals surface area contributed by atoms with Crippen molar-refractivity contribution in [3.63, 3.8) is 0 Å². The number of carboxylic acids is 1. The van der Waals surface area contributed by atoms with E-state index in [2.05, 4.69) is 10.3 Å². The van der Waals surface area contributed by atoms with Gasteiger partial charge in [0.15, 0.2) is 0 Å². The second-order valence-corrected chi connectivity index (χ2v) is 4.17. The van der Waals surface area contributed by atoms with Crippen molar-refractivity contribution in [2.24, 2.45) is 0 Å². The number of aliphatic carboxylic acids is 1. The molecular weight excluding hydrogens is 242 g/mol. The molecule has 0 saturated carbocycles. The Balaban J connectivity index is 1.87. The first-order chi connectivity index (χ1) is 9.24. The van der Waals surface area contributed by atoms with E-state index in [4.69, 9.17) is 5.11 Å². The van der Waals surface area contributed by atoms with Crippen molar-refractivity contribution < 1.29 is 9.90 Å². The van der Waals surface area contributed by atoms with Crippen LogP contribution in [-0.4, -0.2) is 26.1 Å². The molecule has 0 aliphatic heterocycles. The summed E-state index contributed by atoms with van der Waals surface area (Å²) in [6, 6.07) is 10.0. The Hall–Kier alpha value is -2.43. The average molecular weight is 257 g/mol. The lowest BCUT2D eigenvalue weighted by atomic mass is 10.2. The standard InChI is InChI=1S/C14H15N3O2/c18-14(19)9-5-4-8-13-11-17(16-15-13)10-12-6-2-1-3-7-12/h1-3,5-7,9,11H,4,8,10H2,(H,18,19)/b9-5+. The number of hydrogen-bond acceptors (Lipinski definition) is 3. The Morgan fingerprint density at radius 2 is 2.11 bits per heavy atom. The van der Waals surface area contributed by atoms with Gasteiger partial charge in [-0.05, 0) is 18.4 Å². The SMILES string of the molecule is O=C(O)/C=C/CCc1cn(Cc2ccccc2)nn1. The number of aromatic nitrogens is 3. The van der Waals surface area contributed by atoms with Gasteiger partial charge in [-0.2, -0.15) is 0 Å². The molecule has 1 aromatic heterocycles. The molecule has 0 aliphatic carbocycles. The van der Waals surface area contributed by atoms with Crippen molar-refractivity contribution in [3.8, 4) is 0 Å². The molecule has 2 aromatic rings. The minimum Gasteiger partial charge on any atom is -0.478 e. The lowest BCUT2D eigenvalue weighted by Gasteiger charge is -1.99. The van der Waals surface area contributed by atoms with E-state index in [0.29, 0.717) is 19.4 Å². The van der Waals surface area contributed by atoms with Crippen LogP contribution in [0.4, 0.5) is 0 Å². The summed E-state index contributed by atoms with van der Waals surface area (Å²) in [5.41, 5.74) is 2.04. The molecule has 0 unspecified atom stereocenters. The van der Waals surface area contributed by atoms with Gasteiger partial charge in [-0.3, -0.25) is 0 Å². The van der Waals surface area contributed by atoms with Gasteiger partial charge in [-0.1, -0.05) is 41.6 Å². The molecular formula is C14H15N3O2. The Morgan fingerprint density at radius 3 is 2.84 bits per heavy atom. The van der Waals surface area contributed by atoms with Crippen molar-refractivity contribution in [2.45, 2.75) is 19.4 Å². The number of benzene rings is 1. The highest BCUT2D eigenvalue weighted by Crippen LogP contribution is 2.03. The van der Waals surface area contributed by atoms with Crippen LogP contribution in [0.25, 0.3) is 0 Å². The molecule has 1 aromatic carbocycles. The first kappa shape index (κ1) is 13.0. The van der Waals surface area contributed by atoms with Gasteiger partial charge in [0, 0.05) is 12.3 Å². The summed E-state index contributed by atoms with van der Waals surface area (Å²) in [6.07, 6.45) is 6.00. The molecule has 98 valence electrons. The summed E-state index contributed by atoms with van der Waals surface area (Å²) in [4.78, 5) is 10.3.